The van der Waals surface area contributed by atoms with E-state index in [4.69, 9.17) is 9.47 Å². The maximum atomic E-state index is 14.8. The molecule has 0 spiro atoms. The number of alkyl halides is 4. The minimum Gasteiger partial charge on any atom is -0.743 e. The zero-order valence-electron chi connectivity index (χ0n) is 18.0. The van der Waals surface area contributed by atoms with Gasteiger partial charge in [-0.15, -0.1) is 0 Å². The molecule has 1 saturated heterocycles. The SMILES string of the molecule is O=S(=O)([O-])C(F)(F)C(F)(F)C1CC2CC1C1OC(C3CCCCC3)(C3CCCCC3)OC21. The molecule has 32 heavy (non-hydrogen) atoms. The van der Waals surface area contributed by atoms with Gasteiger partial charge in [0.25, 0.3) is 0 Å². The molecule has 10 heteroatoms. The molecule has 5 atom stereocenters. The molecule has 5 nitrogen and oxygen atoms in total. The second kappa shape index (κ2) is 7.78. The average molecular weight is 484 g/mol. The number of hydrogen-bond donors (Lipinski definition) is 0. The molecule has 5 unspecified atom stereocenters. The Morgan fingerprint density at radius 2 is 1.28 bits per heavy atom. The Morgan fingerprint density at radius 1 is 0.781 bits per heavy atom. The predicted molar refractivity (Wildman–Crippen MR) is 105 cm³/mol. The summed E-state index contributed by atoms with van der Waals surface area (Å²) in [6, 6.07) is 0. The van der Waals surface area contributed by atoms with Crippen molar-refractivity contribution in [1.29, 1.82) is 0 Å². The minimum absolute atomic E-state index is 0.159. The molecule has 0 aromatic rings. The van der Waals surface area contributed by atoms with Crippen molar-refractivity contribution in [3.05, 3.63) is 0 Å². The Kier molecular flexibility index (Phi) is 5.67. The van der Waals surface area contributed by atoms with Crippen molar-refractivity contribution >= 4 is 10.1 Å². The molecule has 4 aliphatic carbocycles. The van der Waals surface area contributed by atoms with Gasteiger partial charge in [-0.2, -0.15) is 17.6 Å². The third-order valence-electron chi connectivity index (χ3n) is 9.02. The van der Waals surface area contributed by atoms with Crippen LogP contribution in [0.3, 0.4) is 0 Å². The van der Waals surface area contributed by atoms with Crippen LogP contribution < -0.4 is 0 Å². The quantitative estimate of drug-likeness (QED) is 0.404. The molecule has 184 valence electrons. The van der Waals surface area contributed by atoms with Gasteiger partial charge in [0.1, 0.15) is 0 Å². The van der Waals surface area contributed by atoms with Crippen molar-refractivity contribution in [2.45, 2.75) is 106 Å². The largest absolute Gasteiger partial charge is 0.743 e. The number of halogens is 4. The van der Waals surface area contributed by atoms with E-state index in [9.17, 15) is 30.5 Å². The van der Waals surface area contributed by atoms with Gasteiger partial charge in [0, 0.05) is 17.8 Å². The van der Waals surface area contributed by atoms with Crippen molar-refractivity contribution in [3.63, 3.8) is 0 Å². The summed E-state index contributed by atoms with van der Waals surface area (Å²) < 4.78 is 104. The topological polar surface area (TPSA) is 75.7 Å². The lowest BCUT2D eigenvalue weighted by Gasteiger charge is -2.46. The van der Waals surface area contributed by atoms with Gasteiger partial charge in [-0.25, -0.2) is 8.42 Å². The first-order valence-corrected chi connectivity index (χ1v) is 13.5. The van der Waals surface area contributed by atoms with Crippen LogP contribution in [0.2, 0.25) is 0 Å². The lowest BCUT2D eigenvalue weighted by Crippen LogP contribution is -2.55. The van der Waals surface area contributed by atoms with E-state index in [1.807, 2.05) is 0 Å². The lowest BCUT2D eigenvalue weighted by atomic mass is 9.72. The first-order valence-electron chi connectivity index (χ1n) is 12.1. The highest BCUT2D eigenvalue weighted by molar-refractivity contribution is 7.86. The van der Waals surface area contributed by atoms with Crippen LogP contribution in [0.25, 0.3) is 0 Å². The van der Waals surface area contributed by atoms with Crippen molar-refractivity contribution < 1.29 is 40.0 Å². The van der Waals surface area contributed by atoms with Gasteiger partial charge in [0.15, 0.2) is 15.9 Å². The van der Waals surface area contributed by atoms with E-state index < -0.39 is 51.1 Å². The first kappa shape index (κ1) is 23.3. The molecule has 4 saturated carbocycles. The van der Waals surface area contributed by atoms with Gasteiger partial charge in [-0.1, -0.05) is 38.5 Å². The van der Waals surface area contributed by atoms with Gasteiger partial charge in [0.2, 0.25) is 0 Å². The number of fused-ring (bicyclic) bond motifs is 5. The average Bonchev–Trinajstić information content (AvgIpc) is 3.45. The van der Waals surface area contributed by atoms with Crippen LogP contribution in [0.15, 0.2) is 0 Å². The molecule has 0 aromatic heterocycles. The number of rotatable bonds is 5. The van der Waals surface area contributed by atoms with Crippen molar-refractivity contribution in [3.8, 4) is 0 Å². The zero-order chi connectivity index (χ0) is 22.9. The summed E-state index contributed by atoms with van der Waals surface area (Å²) in [6.45, 7) is 0. The Labute approximate surface area is 186 Å². The van der Waals surface area contributed by atoms with E-state index in [1.165, 1.54) is 0 Å². The molecule has 0 amide bonds. The molecule has 0 aromatic carbocycles. The number of hydrogen-bond acceptors (Lipinski definition) is 5. The summed E-state index contributed by atoms with van der Waals surface area (Å²) in [5, 5.41) is -5.64. The molecule has 1 aliphatic heterocycles. The Balaban J connectivity index is 1.43. The summed E-state index contributed by atoms with van der Waals surface area (Å²) in [5.74, 6) is -8.72. The highest BCUT2D eigenvalue weighted by Crippen LogP contribution is 2.64. The van der Waals surface area contributed by atoms with Crippen LogP contribution in [0.4, 0.5) is 17.6 Å². The van der Waals surface area contributed by atoms with Crippen LogP contribution >= 0.6 is 0 Å². The van der Waals surface area contributed by atoms with Gasteiger partial charge in [-0.05, 0) is 50.4 Å². The number of ether oxygens (including phenoxy) is 2. The zero-order valence-corrected chi connectivity index (χ0v) is 18.8. The van der Waals surface area contributed by atoms with E-state index in [2.05, 4.69) is 0 Å². The minimum atomic E-state index is -6.50. The van der Waals surface area contributed by atoms with Crippen LogP contribution in [-0.2, 0) is 19.6 Å². The van der Waals surface area contributed by atoms with E-state index in [1.54, 1.807) is 0 Å². The van der Waals surface area contributed by atoms with E-state index in [-0.39, 0.29) is 30.6 Å². The van der Waals surface area contributed by atoms with Crippen LogP contribution in [0, 0.1) is 29.6 Å². The lowest BCUT2D eigenvalue weighted by molar-refractivity contribution is -0.265. The molecule has 0 N–H and O–H groups in total. The molecule has 1 heterocycles. The fraction of sp³-hybridized carbons (Fsp3) is 1.00. The summed E-state index contributed by atoms with van der Waals surface area (Å²) in [4.78, 5) is 0. The van der Waals surface area contributed by atoms with E-state index in [0.717, 1.165) is 64.2 Å². The third kappa shape index (κ3) is 3.29. The summed E-state index contributed by atoms with van der Waals surface area (Å²) in [5.41, 5.74) is 0. The van der Waals surface area contributed by atoms with Crippen molar-refractivity contribution in [2.75, 3.05) is 0 Å². The first-order chi connectivity index (χ1) is 15.0. The highest BCUT2D eigenvalue weighted by Gasteiger charge is 2.74. The second-order valence-corrected chi connectivity index (χ2v) is 12.1. The molecular weight excluding hydrogens is 452 g/mol. The Morgan fingerprint density at radius 3 is 1.78 bits per heavy atom. The van der Waals surface area contributed by atoms with Crippen LogP contribution in [0.1, 0.15) is 77.0 Å². The predicted octanol–water partition coefficient (Wildman–Crippen LogP) is 5.06. The second-order valence-electron chi connectivity index (χ2n) is 10.7. The molecule has 2 bridgehead atoms. The molecule has 0 radical (unpaired) electrons. The molecule has 5 fully saturated rings. The van der Waals surface area contributed by atoms with Crippen molar-refractivity contribution in [1.82, 2.24) is 0 Å². The highest BCUT2D eigenvalue weighted by atomic mass is 32.2. The summed E-state index contributed by atoms with van der Waals surface area (Å²) >= 11 is 0. The van der Waals surface area contributed by atoms with Crippen LogP contribution in [0.5, 0.6) is 0 Å². The fourth-order valence-corrected chi connectivity index (χ4v) is 8.04. The molecule has 5 aliphatic rings. The van der Waals surface area contributed by atoms with Gasteiger partial charge in [-0.3, -0.25) is 0 Å². The fourth-order valence-electron chi connectivity index (χ4n) is 7.55. The Hall–Kier alpha value is -0.450. The maximum absolute atomic E-state index is 14.8. The normalized spacial score (nSPS) is 38.8. The van der Waals surface area contributed by atoms with Gasteiger partial charge < -0.3 is 14.0 Å². The smallest absolute Gasteiger partial charge is 0.396 e. The maximum Gasteiger partial charge on any atom is 0.396 e. The Bertz CT molecular complexity index is 804. The standard InChI is InChI=1S/C22H32F4O5S/c23-21(24,22(25,26)32(27,28)29)17-12-13-11-16(17)19-18(13)30-20(31-19,14-7-3-1-4-8-14)15-9-5-2-6-10-15/h13-19H,1-12H2,(H,27,28,29)/p-1. The van der Waals surface area contributed by atoms with Crippen LogP contribution in [-0.4, -0.2) is 42.1 Å². The summed E-state index contributed by atoms with van der Waals surface area (Å²) in [6.07, 6.45) is 9.06. The van der Waals surface area contributed by atoms with Crippen molar-refractivity contribution in [2.24, 2.45) is 29.6 Å². The van der Waals surface area contributed by atoms with Gasteiger partial charge in [0.05, 0.1) is 12.2 Å². The monoisotopic (exact) mass is 483 g/mol. The van der Waals surface area contributed by atoms with Gasteiger partial charge >= 0.3 is 11.2 Å². The van der Waals surface area contributed by atoms with E-state index >= 15 is 0 Å². The molecule has 5 rings (SSSR count). The molecular formula is C22H31F4O5S-. The van der Waals surface area contributed by atoms with E-state index in [0.29, 0.717) is 0 Å². The summed E-state index contributed by atoms with van der Waals surface area (Å²) in [7, 11) is -6.50. The third-order valence-corrected chi connectivity index (χ3v) is 9.92.